The van der Waals surface area contributed by atoms with Crippen molar-refractivity contribution in [2.24, 2.45) is 4.99 Å². The Morgan fingerprint density at radius 1 is 1.19 bits per heavy atom. The number of hydrogen-bond acceptors (Lipinski definition) is 3. The standard InChI is InChI=1S/C23H29FN4O2.HI/c1-17(30-21-6-3-5-20(24)13-21)14-26-23(25-2)27-15-18-8-10-19(11-9-18)16-28-12-4-7-22(28)29;/h3,5-6,8-11,13,17H,4,7,12,14-16H2,1-2H3,(H2,25,26,27);1H. The minimum atomic E-state index is -0.316. The van der Waals surface area contributed by atoms with Gasteiger partial charge in [-0.25, -0.2) is 4.39 Å². The van der Waals surface area contributed by atoms with Crippen LogP contribution in [0.15, 0.2) is 53.5 Å². The van der Waals surface area contributed by atoms with Crippen molar-refractivity contribution in [3.63, 3.8) is 0 Å². The smallest absolute Gasteiger partial charge is 0.222 e. The molecule has 1 unspecified atom stereocenters. The van der Waals surface area contributed by atoms with E-state index in [-0.39, 0.29) is 41.8 Å². The maximum atomic E-state index is 13.2. The third kappa shape index (κ3) is 8.01. The van der Waals surface area contributed by atoms with Crippen molar-refractivity contribution in [3.8, 4) is 5.75 Å². The summed E-state index contributed by atoms with van der Waals surface area (Å²) in [5, 5.41) is 6.49. The monoisotopic (exact) mass is 540 g/mol. The van der Waals surface area contributed by atoms with Crippen LogP contribution in [0.4, 0.5) is 4.39 Å². The number of carbonyl (C=O) groups excluding carboxylic acids is 1. The second-order valence-electron chi connectivity index (χ2n) is 7.43. The average molecular weight is 540 g/mol. The molecule has 0 bridgehead atoms. The fourth-order valence-corrected chi connectivity index (χ4v) is 3.32. The van der Waals surface area contributed by atoms with E-state index in [0.29, 0.717) is 37.8 Å². The minimum absolute atomic E-state index is 0. The number of nitrogens with zero attached hydrogens (tertiary/aromatic N) is 2. The van der Waals surface area contributed by atoms with Gasteiger partial charge in [-0.05, 0) is 36.6 Å². The van der Waals surface area contributed by atoms with Gasteiger partial charge in [0.25, 0.3) is 0 Å². The molecule has 1 amide bonds. The molecule has 8 heteroatoms. The topological polar surface area (TPSA) is 66.0 Å². The molecule has 1 saturated heterocycles. The zero-order valence-corrected chi connectivity index (χ0v) is 20.3. The quantitative estimate of drug-likeness (QED) is 0.305. The van der Waals surface area contributed by atoms with Crippen LogP contribution >= 0.6 is 24.0 Å². The number of carbonyl (C=O) groups is 1. The number of ether oxygens (including phenoxy) is 1. The second-order valence-corrected chi connectivity index (χ2v) is 7.43. The summed E-state index contributed by atoms with van der Waals surface area (Å²) in [5.41, 5.74) is 2.26. The van der Waals surface area contributed by atoms with Gasteiger partial charge in [-0.3, -0.25) is 9.79 Å². The minimum Gasteiger partial charge on any atom is -0.489 e. The third-order valence-electron chi connectivity index (χ3n) is 4.94. The summed E-state index contributed by atoms with van der Waals surface area (Å²) in [6.07, 6.45) is 1.47. The highest BCUT2D eigenvalue weighted by atomic mass is 127. The van der Waals surface area contributed by atoms with Gasteiger partial charge in [-0.1, -0.05) is 30.3 Å². The molecule has 1 heterocycles. The van der Waals surface area contributed by atoms with E-state index in [0.717, 1.165) is 24.1 Å². The summed E-state index contributed by atoms with van der Waals surface area (Å²) in [6, 6.07) is 14.4. The van der Waals surface area contributed by atoms with Gasteiger partial charge in [0, 0.05) is 39.2 Å². The molecule has 1 aliphatic rings. The van der Waals surface area contributed by atoms with E-state index in [4.69, 9.17) is 4.74 Å². The molecule has 0 radical (unpaired) electrons. The summed E-state index contributed by atoms with van der Waals surface area (Å²) in [4.78, 5) is 17.9. The lowest BCUT2D eigenvalue weighted by Crippen LogP contribution is -2.41. The van der Waals surface area contributed by atoms with Gasteiger partial charge in [0.1, 0.15) is 17.7 Å². The van der Waals surface area contributed by atoms with Crippen molar-refractivity contribution in [2.45, 2.75) is 39.0 Å². The number of rotatable bonds is 8. The summed E-state index contributed by atoms with van der Waals surface area (Å²) >= 11 is 0. The van der Waals surface area contributed by atoms with E-state index < -0.39 is 0 Å². The van der Waals surface area contributed by atoms with E-state index in [2.05, 4.69) is 39.9 Å². The lowest BCUT2D eigenvalue weighted by atomic mass is 10.1. The van der Waals surface area contributed by atoms with Crippen LogP contribution in [0, 0.1) is 5.82 Å². The van der Waals surface area contributed by atoms with Crippen molar-refractivity contribution in [1.82, 2.24) is 15.5 Å². The van der Waals surface area contributed by atoms with E-state index in [1.54, 1.807) is 19.2 Å². The fourth-order valence-electron chi connectivity index (χ4n) is 3.32. The van der Waals surface area contributed by atoms with Crippen molar-refractivity contribution in [2.75, 3.05) is 20.1 Å². The van der Waals surface area contributed by atoms with Gasteiger partial charge in [0.15, 0.2) is 5.96 Å². The van der Waals surface area contributed by atoms with Crippen molar-refractivity contribution in [3.05, 3.63) is 65.5 Å². The van der Waals surface area contributed by atoms with Crippen molar-refractivity contribution >= 4 is 35.8 Å². The molecule has 168 valence electrons. The first-order chi connectivity index (χ1) is 14.5. The molecule has 2 aromatic rings. The predicted molar refractivity (Wildman–Crippen MR) is 131 cm³/mol. The number of aliphatic imine (C=N–C) groups is 1. The molecule has 0 spiro atoms. The summed E-state index contributed by atoms with van der Waals surface area (Å²) in [7, 11) is 1.71. The fraction of sp³-hybridized carbons (Fsp3) is 0.391. The summed E-state index contributed by atoms with van der Waals surface area (Å²) < 4.78 is 19.0. The Balaban J connectivity index is 0.00000341. The zero-order valence-electron chi connectivity index (χ0n) is 17.9. The van der Waals surface area contributed by atoms with E-state index in [1.165, 1.54) is 12.1 Å². The lowest BCUT2D eigenvalue weighted by Gasteiger charge is -2.18. The van der Waals surface area contributed by atoms with E-state index in [9.17, 15) is 9.18 Å². The Hall–Kier alpha value is -2.36. The first kappa shape index (κ1) is 24.9. The molecule has 6 nitrogen and oxygen atoms in total. The summed E-state index contributed by atoms with van der Waals surface area (Å²) in [5.74, 6) is 1.09. The van der Waals surface area contributed by atoms with Crippen molar-refractivity contribution in [1.29, 1.82) is 0 Å². The highest BCUT2D eigenvalue weighted by Gasteiger charge is 2.19. The highest BCUT2D eigenvalue weighted by molar-refractivity contribution is 14.0. The highest BCUT2D eigenvalue weighted by Crippen LogP contribution is 2.15. The maximum absolute atomic E-state index is 13.2. The van der Waals surface area contributed by atoms with Crippen LogP contribution in [0.1, 0.15) is 30.9 Å². The zero-order chi connectivity index (χ0) is 21.3. The van der Waals surface area contributed by atoms with Gasteiger partial charge in [0.2, 0.25) is 5.91 Å². The molecular weight excluding hydrogens is 510 g/mol. The van der Waals surface area contributed by atoms with Gasteiger partial charge in [-0.2, -0.15) is 0 Å². The molecule has 31 heavy (non-hydrogen) atoms. The number of halogens is 2. The van der Waals surface area contributed by atoms with Crippen LogP contribution in [0.2, 0.25) is 0 Å². The van der Waals surface area contributed by atoms with E-state index >= 15 is 0 Å². The average Bonchev–Trinajstić information content (AvgIpc) is 3.13. The number of amides is 1. The Bertz CT molecular complexity index is 876. The predicted octanol–water partition coefficient (Wildman–Crippen LogP) is 3.70. The first-order valence-electron chi connectivity index (χ1n) is 10.3. The molecule has 3 rings (SSSR count). The molecule has 1 aliphatic heterocycles. The number of guanidine groups is 1. The molecule has 1 fully saturated rings. The van der Waals surface area contributed by atoms with Crippen LogP contribution in [0.25, 0.3) is 0 Å². The molecule has 0 aromatic heterocycles. The van der Waals surface area contributed by atoms with Gasteiger partial charge in [0.05, 0.1) is 6.54 Å². The van der Waals surface area contributed by atoms with E-state index in [1.807, 2.05) is 11.8 Å². The largest absolute Gasteiger partial charge is 0.489 e. The van der Waals surface area contributed by atoms with Crippen LogP contribution in [-0.4, -0.2) is 43.0 Å². The molecular formula is C23H30FIN4O2. The van der Waals surface area contributed by atoms with Crippen LogP contribution in [0.5, 0.6) is 5.75 Å². The molecule has 1 atom stereocenters. The number of hydrogen-bond donors (Lipinski definition) is 2. The molecule has 0 saturated carbocycles. The lowest BCUT2D eigenvalue weighted by molar-refractivity contribution is -0.128. The van der Waals surface area contributed by atoms with Gasteiger partial charge in [-0.15, -0.1) is 24.0 Å². The Labute approximate surface area is 200 Å². The van der Waals surface area contributed by atoms with Crippen LogP contribution in [0.3, 0.4) is 0 Å². The van der Waals surface area contributed by atoms with Crippen molar-refractivity contribution < 1.29 is 13.9 Å². The molecule has 0 aliphatic carbocycles. The molecule has 2 aromatic carbocycles. The van der Waals surface area contributed by atoms with Crippen LogP contribution in [-0.2, 0) is 17.9 Å². The van der Waals surface area contributed by atoms with Gasteiger partial charge >= 0.3 is 0 Å². The molecule has 2 N–H and O–H groups in total. The third-order valence-corrected chi connectivity index (χ3v) is 4.94. The maximum Gasteiger partial charge on any atom is 0.222 e. The van der Waals surface area contributed by atoms with Gasteiger partial charge < -0.3 is 20.3 Å². The number of likely N-dealkylation sites (tertiary alicyclic amines) is 1. The SMILES string of the molecule is CN=C(NCc1ccc(CN2CCCC2=O)cc1)NCC(C)Oc1cccc(F)c1.I. The Morgan fingerprint density at radius 2 is 1.94 bits per heavy atom. The number of benzene rings is 2. The second kappa shape index (κ2) is 12.5. The first-order valence-corrected chi connectivity index (χ1v) is 10.3. The summed E-state index contributed by atoms with van der Waals surface area (Å²) in [6.45, 7) is 4.60. The van der Waals surface area contributed by atoms with Crippen LogP contribution < -0.4 is 15.4 Å². The number of nitrogens with one attached hydrogen (secondary N) is 2. The Morgan fingerprint density at radius 3 is 2.58 bits per heavy atom. The Kier molecular flexibility index (Phi) is 10.0. The normalized spacial score (nSPS) is 14.7.